The molecule has 2 amide bonds. The van der Waals surface area contributed by atoms with Gasteiger partial charge in [-0.3, -0.25) is 13.9 Å². The van der Waals surface area contributed by atoms with Gasteiger partial charge in [0, 0.05) is 11.1 Å². The molecule has 0 aromatic heterocycles. The SMILES string of the molecule is Cc1ccc(Cl)cc1N(CC(=O)N/N=C\c1ccc(OCC(=O)NC2CCCCC2)cc1)S(=O)(=O)c1ccccc1. The lowest BCUT2D eigenvalue weighted by Gasteiger charge is -2.25. The first-order valence-corrected chi connectivity index (χ1v) is 15.2. The van der Waals surface area contributed by atoms with Crippen molar-refractivity contribution in [3.63, 3.8) is 0 Å². The average Bonchev–Trinajstić information content (AvgIpc) is 2.98. The van der Waals surface area contributed by atoms with E-state index in [1.807, 2.05) is 0 Å². The van der Waals surface area contributed by atoms with Gasteiger partial charge in [-0.15, -0.1) is 0 Å². The summed E-state index contributed by atoms with van der Waals surface area (Å²) in [5.41, 5.74) is 3.99. The molecule has 1 aliphatic carbocycles. The minimum absolute atomic E-state index is 0.0458. The summed E-state index contributed by atoms with van der Waals surface area (Å²) >= 11 is 6.16. The highest BCUT2D eigenvalue weighted by molar-refractivity contribution is 7.92. The Morgan fingerprint density at radius 2 is 1.71 bits per heavy atom. The van der Waals surface area contributed by atoms with E-state index in [2.05, 4.69) is 15.8 Å². The molecule has 0 atom stereocenters. The van der Waals surface area contributed by atoms with E-state index >= 15 is 0 Å². The van der Waals surface area contributed by atoms with E-state index in [1.165, 1.54) is 30.8 Å². The topological polar surface area (TPSA) is 117 Å². The number of anilines is 1. The molecular weight excluding hydrogens is 564 g/mol. The lowest BCUT2D eigenvalue weighted by molar-refractivity contribution is -0.124. The van der Waals surface area contributed by atoms with Gasteiger partial charge in [-0.1, -0.05) is 55.1 Å². The molecule has 0 aliphatic heterocycles. The number of aryl methyl sites for hydroxylation is 1. The van der Waals surface area contributed by atoms with Crippen molar-refractivity contribution in [1.29, 1.82) is 0 Å². The summed E-state index contributed by atoms with van der Waals surface area (Å²) in [7, 11) is -4.07. The molecule has 216 valence electrons. The number of nitrogens with one attached hydrogen (secondary N) is 2. The molecule has 11 heteroatoms. The van der Waals surface area contributed by atoms with E-state index in [0.717, 1.165) is 30.0 Å². The van der Waals surface area contributed by atoms with E-state index in [1.54, 1.807) is 61.5 Å². The van der Waals surface area contributed by atoms with Crippen LogP contribution in [0.4, 0.5) is 5.69 Å². The summed E-state index contributed by atoms with van der Waals surface area (Å²) in [5, 5.41) is 7.33. The molecule has 0 heterocycles. The molecule has 3 aromatic carbocycles. The summed E-state index contributed by atoms with van der Waals surface area (Å²) in [6.07, 6.45) is 6.95. The lowest BCUT2D eigenvalue weighted by Crippen LogP contribution is -2.40. The molecule has 0 unspecified atom stereocenters. The van der Waals surface area contributed by atoms with Crippen LogP contribution < -0.4 is 19.8 Å². The van der Waals surface area contributed by atoms with Gasteiger partial charge < -0.3 is 10.1 Å². The second-order valence-corrected chi connectivity index (χ2v) is 12.1. The number of benzene rings is 3. The Morgan fingerprint density at radius 3 is 2.41 bits per heavy atom. The summed E-state index contributed by atoms with van der Waals surface area (Å²) < 4.78 is 33.6. The van der Waals surface area contributed by atoms with Gasteiger partial charge in [-0.25, -0.2) is 13.8 Å². The van der Waals surface area contributed by atoms with Crippen LogP contribution in [0, 0.1) is 6.92 Å². The maximum absolute atomic E-state index is 13.5. The fourth-order valence-corrected chi connectivity index (χ4v) is 6.20. The van der Waals surface area contributed by atoms with Gasteiger partial charge in [0.1, 0.15) is 12.3 Å². The number of amides is 2. The molecule has 0 spiro atoms. The fraction of sp³-hybridized carbons (Fsp3) is 0.300. The molecule has 4 rings (SSSR count). The molecule has 3 aromatic rings. The number of nitrogens with zero attached hydrogens (tertiary/aromatic N) is 2. The van der Waals surface area contributed by atoms with E-state index in [-0.39, 0.29) is 23.5 Å². The first kappa shape index (κ1) is 30.1. The highest BCUT2D eigenvalue weighted by atomic mass is 35.5. The maximum atomic E-state index is 13.5. The number of sulfonamides is 1. The van der Waals surface area contributed by atoms with Crippen molar-refractivity contribution in [2.45, 2.75) is 50.0 Å². The Kier molecular flexibility index (Phi) is 10.4. The normalized spacial score (nSPS) is 14.0. The number of hydrogen-bond donors (Lipinski definition) is 2. The van der Waals surface area contributed by atoms with Gasteiger partial charge in [0.2, 0.25) is 0 Å². The second kappa shape index (κ2) is 14.1. The van der Waals surface area contributed by atoms with Crippen LogP contribution in [0.3, 0.4) is 0 Å². The molecule has 1 aliphatic rings. The second-order valence-electron chi connectivity index (χ2n) is 9.81. The minimum Gasteiger partial charge on any atom is -0.484 e. The third-order valence-corrected chi connectivity index (χ3v) is 8.69. The number of carbonyl (C=O) groups excluding carboxylic acids is 2. The van der Waals surface area contributed by atoms with Crippen molar-refractivity contribution in [3.05, 3.63) is 88.9 Å². The molecule has 1 fully saturated rings. The first-order valence-electron chi connectivity index (χ1n) is 13.4. The minimum atomic E-state index is -4.07. The number of rotatable bonds is 11. The van der Waals surface area contributed by atoms with E-state index in [9.17, 15) is 18.0 Å². The molecule has 0 radical (unpaired) electrons. The van der Waals surface area contributed by atoms with Crippen LogP contribution in [0.25, 0.3) is 0 Å². The lowest BCUT2D eigenvalue weighted by atomic mass is 9.95. The van der Waals surface area contributed by atoms with Gasteiger partial charge in [0.15, 0.2) is 6.61 Å². The Morgan fingerprint density at radius 1 is 1.00 bits per heavy atom. The summed E-state index contributed by atoms with van der Waals surface area (Å²) in [5.74, 6) is -0.241. The Bertz CT molecular complexity index is 1470. The molecule has 9 nitrogen and oxygen atoms in total. The van der Waals surface area contributed by atoms with Crippen molar-refractivity contribution in [2.24, 2.45) is 5.10 Å². The van der Waals surface area contributed by atoms with Crippen molar-refractivity contribution >= 4 is 45.3 Å². The van der Waals surface area contributed by atoms with Gasteiger partial charge >= 0.3 is 0 Å². The number of ether oxygens (including phenoxy) is 1. The first-order chi connectivity index (χ1) is 19.7. The quantitative estimate of drug-likeness (QED) is 0.243. The summed E-state index contributed by atoms with van der Waals surface area (Å²) in [6.45, 7) is 1.17. The van der Waals surface area contributed by atoms with Crippen LogP contribution in [-0.4, -0.2) is 45.6 Å². The Labute approximate surface area is 245 Å². The molecule has 1 saturated carbocycles. The molecule has 0 saturated heterocycles. The monoisotopic (exact) mass is 596 g/mol. The van der Waals surface area contributed by atoms with Gasteiger partial charge in [-0.2, -0.15) is 5.10 Å². The average molecular weight is 597 g/mol. The van der Waals surface area contributed by atoms with E-state index < -0.39 is 22.5 Å². The highest BCUT2D eigenvalue weighted by Crippen LogP contribution is 2.29. The van der Waals surface area contributed by atoms with Crippen molar-refractivity contribution in [3.8, 4) is 5.75 Å². The number of hydrazone groups is 1. The van der Waals surface area contributed by atoms with Crippen molar-refractivity contribution in [1.82, 2.24) is 10.7 Å². The zero-order valence-electron chi connectivity index (χ0n) is 22.8. The van der Waals surface area contributed by atoms with Crippen LogP contribution in [0.15, 0.2) is 82.8 Å². The largest absolute Gasteiger partial charge is 0.484 e. The third kappa shape index (κ3) is 8.55. The van der Waals surface area contributed by atoms with E-state index in [4.69, 9.17) is 16.3 Å². The predicted molar refractivity (Wildman–Crippen MR) is 160 cm³/mol. The van der Waals surface area contributed by atoms with Crippen LogP contribution in [0.2, 0.25) is 5.02 Å². The zero-order chi connectivity index (χ0) is 29.2. The van der Waals surface area contributed by atoms with E-state index in [0.29, 0.717) is 27.6 Å². The fourth-order valence-electron chi connectivity index (χ4n) is 4.53. The van der Waals surface area contributed by atoms with Crippen molar-refractivity contribution in [2.75, 3.05) is 17.5 Å². The van der Waals surface area contributed by atoms with Crippen LogP contribution in [0.5, 0.6) is 5.75 Å². The highest BCUT2D eigenvalue weighted by Gasteiger charge is 2.28. The summed E-state index contributed by atoms with van der Waals surface area (Å²) in [4.78, 5) is 25.0. The zero-order valence-corrected chi connectivity index (χ0v) is 24.3. The Balaban J connectivity index is 1.35. The maximum Gasteiger partial charge on any atom is 0.264 e. The number of hydrogen-bond acceptors (Lipinski definition) is 6. The molecule has 2 N–H and O–H groups in total. The van der Waals surface area contributed by atoms with Crippen LogP contribution in [0.1, 0.15) is 43.2 Å². The van der Waals surface area contributed by atoms with Gasteiger partial charge in [0.05, 0.1) is 16.8 Å². The third-order valence-electron chi connectivity index (χ3n) is 6.68. The smallest absolute Gasteiger partial charge is 0.264 e. The van der Waals surface area contributed by atoms with Crippen LogP contribution in [-0.2, 0) is 19.6 Å². The number of carbonyl (C=O) groups is 2. The Hall–Kier alpha value is -3.89. The summed E-state index contributed by atoms with van der Waals surface area (Å²) in [6, 6.07) is 19.8. The molecular formula is C30H33ClN4O5S. The van der Waals surface area contributed by atoms with Gasteiger partial charge in [-0.05, 0) is 79.4 Å². The number of halogens is 1. The van der Waals surface area contributed by atoms with Crippen LogP contribution >= 0.6 is 11.6 Å². The standard InChI is InChI=1S/C30H33ClN4O5S/c1-22-12-15-24(31)18-28(22)35(41(38,39)27-10-6-3-7-11-27)20-29(36)34-32-19-23-13-16-26(17-14-23)40-21-30(37)33-25-8-4-2-5-9-25/h3,6-7,10-19,25H,2,4-5,8-9,20-21H2,1H3,(H,33,37)(H,34,36)/b32-19-. The van der Waals surface area contributed by atoms with Gasteiger partial charge in [0.25, 0.3) is 21.8 Å². The molecule has 0 bridgehead atoms. The molecule has 41 heavy (non-hydrogen) atoms. The predicted octanol–water partition coefficient (Wildman–Crippen LogP) is 4.82. The van der Waals surface area contributed by atoms with Crippen molar-refractivity contribution < 1.29 is 22.7 Å².